The fraction of sp³-hybridized carbons (Fsp3) is 0.692. The molecule has 1 rings (SSSR count). The molecule has 0 aliphatic rings. The Morgan fingerprint density at radius 1 is 1.28 bits per heavy atom. The SMILES string of the molecule is CNc1nc(C(C)C)nc(SCCN(C)C)c1C. The number of hydrogen-bond donors (Lipinski definition) is 1. The molecule has 1 aromatic heterocycles. The minimum Gasteiger partial charge on any atom is -0.373 e. The standard InChI is InChI=1S/C13H24N4S/c1-9(2)11-15-12(14-4)10(3)13(16-11)18-8-7-17(5)6/h9H,7-8H2,1-6H3,(H,14,15,16). The topological polar surface area (TPSA) is 41.1 Å². The van der Waals surface area contributed by atoms with Crippen molar-refractivity contribution in [3.8, 4) is 0 Å². The summed E-state index contributed by atoms with van der Waals surface area (Å²) in [5.74, 6) is 3.26. The van der Waals surface area contributed by atoms with Gasteiger partial charge in [0.2, 0.25) is 0 Å². The van der Waals surface area contributed by atoms with Crippen LogP contribution in [0.25, 0.3) is 0 Å². The molecule has 0 fully saturated rings. The molecule has 1 aromatic rings. The molecule has 0 aliphatic carbocycles. The van der Waals surface area contributed by atoms with Gasteiger partial charge in [0.15, 0.2) is 0 Å². The van der Waals surface area contributed by atoms with E-state index in [4.69, 9.17) is 0 Å². The van der Waals surface area contributed by atoms with Crippen LogP contribution in [-0.4, -0.2) is 48.3 Å². The van der Waals surface area contributed by atoms with Crippen LogP contribution in [0.2, 0.25) is 0 Å². The molecular weight excluding hydrogens is 244 g/mol. The van der Waals surface area contributed by atoms with Crippen LogP contribution in [0, 0.1) is 6.92 Å². The third-order valence-corrected chi connectivity index (χ3v) is 3.71. The smallest absolute Gasteiger partial charge is 0.134 e. The maximum absolute atomic E-state index is 4.67. The fourth-order valence-corrected chi connectivity index (χ4v) is 2.60. The summed E-state index contributed by atoms with van der Waals surface area (Å²) in [7, 11) is 6.09. The lowest BCUT2D eigenvalue weighted by molar-refractivity contribution is 0.437. The summed E-state index contributed by atoms with van der Waals surface area (Å²) in [4.78, 5) is 11.4. The van der Waals surface area contributed by atoms with Crippen LogP contribution in [0.3, 0.4) is 0 Å². The van der Waals surface area contributed by atoms with Crippen molar-refractivity contribution in [1.82, 2.24) is 14.9 Å². The van der Waals surface area contributed by atoms with Gasteiger partial charge in [0.1, 0.15) is 16.7 Å². The molecule has 0 aliphatic heterocycles. The van der Waals surface area contributed by atoms with Crippen molar-refractivity contribution in [3.63, 3.8) is 0 Å². The third-order valence-electron chi connectivity index (χ3n) is 2.65. The first-order valence-electron chi connectivity index (χ1n) is 6.29. The minimum atomic E-state index is 0.353. The van der Waals surface area contributed by atoms with E-state index in [0.717, 1.165) is 34.5 Å². The maximum atomic E-state index is 4.67. The van der Waals surface area contributed by atoms with Crippen molar-refractivity contribution in [1.29, 1.82) is 0 Å². The Labute approximate surface area is 115 Å². The van der Waals surface area contributed by atoms with E-state index >= 15 is 0 Å². The molecular formula is C13H24N4S. The Balaban J connectivity index is 2.91. The van der Waals surface area contributed by atoms with Gasteiger partial charge >= 0.3 is 0 Å². The quantitative estimate of drug-likeness (QED) is 0.634. The fourth-order valence-electron chi connectivity index (χ4n) is 1.48. The Morgan fingerprint density at radius 2 is 1.94 bits per heavy atom. The molecule has 0 atom stereocenters. The van der Waals surface area contributed by atoms with Crippen molar-refractivity contribution >= 4 is 17.6 Å². The second-order valence-electron chi connectivity index (χ2n) is 4.92. The lowest BCUT2D eigenvalue weighted by Gasteiger charge is -2.14. The van der Waals surface area contributed by atoms with E-state index in [0.29, 0.717) is 5.92 Å². The first-order valence-corrected chi connectivity index (χ1v) is 7.28. The third kappa shape index (κ3) is 4.14. The molecule has 0 saturated carbocycles. The van der Waals surface area contributed by atoms with Crippen LogP contribution in [-0.2, 0) is 0 Å². The van der Waals surface area contributed by atoms with Crippen LogP contribution in [0.1, 0.15) is 31.2 Å². The maximum Gasteiger partial charge on any atom is 0.134 e. The van der Waals surface area contributed by atoms with E-state index < -0.39 is 0 Å². The van der Waals surface area contributed by atoms with E-state index in [9.17, 15) is 0 Å². The van der Waals surface area contributed by atoms with Crippen molar-refractivity contribution in [2.75, 3.05) is 38.8 Å². The second-order valence-corrected chi connectivity index (χ2v) is 6.00. The van der Waals surface area contributed by atoms with Crippen molar-refractivity contribution in [3.05, 3.63) is 11.4 Å². The molecule has 1 N–H and O–H groups in total. The van der Waals surface area contributed by atoms with Gasteiger partial charge in [-0.05, 0) is 21.0 Å². The number of anilines is 1. The number of nitrogens with one attached hydrogen (secondary N) is 1. The van der Waals surface area contributed by atoms with Gasteiger partial charge < -0.3 is 10.2 Å². The highest BCUT2D eigenvalue weighted by Crippen LogP contribution is 2.26. The van der Waals surface area contributed by atoms with Crippen LogP contribution in [0.15, 0.2) is 5.03 Å². The highest BCUT2D eigenvalue weighted by molar-refractivity contribution is 7.99. The Hall–Kier alpha value is -0.810. The number of rotatable bonds is 6. The largest absolute Gasteiger partial charge is 0.373 e. The van der Waals surface area contributed by atoms with Crippen LogP contribution >= 0.6 is 11.8 Å². The molecule has 5 heteroatoms. The summed E-state index contributed by atoms with van der Waals surface area (Å²) in [6.45, 7) is 7.38. The summed E-state index contributed by atoms with van der Waals surface area (Å²) in [5, 5.41) is 4.25. The number of hydrogen-bond acceptors (Lipinski definition) is 5. The summed E-state index contributed by atoms with van der Waals surface area (Å²) in [5.41, 5.74) is 1.14. The molecule has 0 saturated heterocycles. The van der Waals surface area contributed by atoms with Crippen molar-refractivity contribution in [2.24, 2.45) is 0 Å². The molecule has 4 nitrogen and oxygen atoms in total. The van der Waals surface area contributed by atoms with Crippen molar-refractivity contribution in [2.45, 2.75) is 31.7 Å². The number of aromatic nitrogens is 2. The van der Waals surface area contributed by atoms with Crippen molar-refractivity contribution < 1.29 is 0 Å². The Morgan fingerprint density at radius 3 is 2.44 bits per heavy atom. The van der Waals surface area contributed by atoms with E-state index in [1.807, 2.05) is 7.05 Å². The minimum absolute atomic E-state index is 0.353. The number of nitrogens with zero attached hydrogens (tertiary/aromatic N) is 3. The average molecular weight is 268 g/mol. The lowest BCUT2D eigenvalue weighted by atomic mass is 10.2. The molecule has 0 unspecified atom stereocenters. The van der Waals surface area contributed by atoms with Gasteiger partial charge in [-0.1, -0.05) is 13.8 Å². The van der Waals surface area contributed by atoms with E-state index in [1.54, 1.807) is 11.8 Å². The molecule has 18 heavy (non-hydrogen) atoms. The van der Waals surface area contributed by atoms with E-state index in [-0.39, 0.29) is 0 Å². The average Bonchev–Trinajstić information content (AvgIpc) is 2.30. The first kappa shape index (κ1) is 15.2. The Kier molecular flexibility index (Phi) is 5.88. The molecule has 0 radical (unpaired) electrons. The first-order chi connectivity index (χ1) is 8.45. The molecule has 102 valence electrons. The predicted molar refractivity (Wildman–Crippen MR) is 79.7 cm³/mol. The predicted octanol–water partition coefficient (Wildman–Crippen LogP) is 2.60. The lowest BCUT2D eigenvalue weighted by Crippen LogP contribution is -2.15. The molecule has 0 bridgehead atoms. The van der Waals surface area contributed by atoms with E-state index in [2.05, 4.69) is 55.1 Å². The van der Waals surface area contributed by atoms with Crippen LogP contribution in [0.5, 0.6) is 0 Å². The highest BCUT2D eigenvalue weighted by Gasteiger charge is 2.12. The second kappa shape index (κ2) is 6.95. The van der Waals surface area contributed by atoms with E-state index in [1.165, 1.54) is 0 Å². The summed E-state index contributed by atoms with van der Waals surface area (Å²) in [6, 6.07) is 0. The molecule has 0 amide bonds. The van der Waals surface area contributed by atoms with Crippen LogP contribution < -0.4 is 5.32 Å². The van der Waals surface area contributed by atoms with Gasteiger partial charge in [0.25, 0.3) is 0 Å². The number of thioether (sulfide) groups is 1. The summed E-state index contributed by atoms with van der Waals surface area (Å²) >= 11 is 1.80. The van der Waals surface area contributed by atoms with Gasteiger partial charge in [0.05, 0.1) is 0 Å². The molecule has 0 aromatic carbocycles. The zero-order valence-electron chi connectivity index (χ0n) is 12.2. The van der Waals surface area contributed by atoms with Gasteiger partial charge in [-0.3, -0.25) is 0 Å². The van der Waals surface area contributed by atoms with Gasteiger partial charge in [0, 0.05) is 30.8 Å². The van der Waals surface area contributed by atoms with Crippen LogP contribution in [0.4, 0.5) is 5.82 Å². The summed E-state index contributed by atoms with van der Waals surface area (Å²) < 4.78 is 0. The summed E-state index contributed by atoms with van der Waals surface area (Å²) in [6.07, 6.45) is 0. The monoisotopic (exact) mass is 268 g/mol. The molecule has 1 heterocycles. The highest BCUT2D eigenvalue weighted by atomic mass is 32.2. The normalized spacial score (nSPS) is 11.3. The van der Waals surface area contributed by atoms with Gasteiger partial charge in [-0.2, -0.15) is 0 Å². The zero-order chi connectivity index (χ0) is 13.7. The molecule has 0 spiro atoms. The zero-order valence-corrected chi connectivity index (χ0v) is 13.1. The van der Waals surface area contributed by atoms with Gasteiger partial charge in [-0.25, -0.2) is 9.97 Å². The Bertz CT molecular complexity index is 391. The van der Waals surface area contributed by atoms with Gasteiger partial charge in [-0.15, -0.1) is 11.8 Å².